The molecular weight excluding hydrogens is 278 g/mol. The van der Waals surface area contributed by atoms with Gasteiger partial charge in [0.05, 0.1) is 12.6 Å². The van der Waals surface area contributed by atoms with Gasteiger partial charge < -0.3 is 10.7 Å². The molecule has 1 aromatic carbocycles. The molecule has 0 spiro atoms. The smallest absolute Gasteiger partial charge is 0.253 e. The van der Waals surface area contributed by atoms with Gasteiger partial charge >= 0.3 is 0 Å². The topological polar surface area (TPSA) is 100 Å². The molecule has 6 nitrogen and oxygen atoms in total. The fourth-order valence-electron chi connectivity index (χ4n) is 2.59. The van der Waals surface area contributed by atoms with Gasteiger partial charge in [-0.15, -0.1) is 0 Å². The van der Waals surface area contributed by atoms with Crippen LogP contribution in [0.5, 0.6) is 0 Å². The predicted molar refractivity (Wildman–Crippen MR) is 83.5 cm³/mol. The molecular formula is C16H15N5O. The van der Waals surface area contributed by atoms with Crippen LogP contribution in [0.4, 0.5) is 5.82 Å². The Morgan fingerprint density at radius 2 is 2.23 bits per heavy atom. The Balaban J connectivity index is 2.01. The summed E-state index contributed by atoms with van der Waals surface area (Å²) in [7, 11) is 0. The van der Waals surface area contributed by atoms with Gasteiger partial charge in [0, 0.05) is 16.6 Å². The van der Waals surface area contributed by atoms with Crippen LogP contribution < -0.4 is 5.73 Å². The van der Waals surface area contributed by atoms with Crippen LogP contribution in [0.3, 0.4) is 0 Å². The third-order valence-electron chi connectivity index (χ3n) is 3.77. The minimum Gasteiger partial charge on any atom is -0.382 e. The second-order valence-electron chi connectivity index (χ2n) is 5.32. The largest absolute Gasteiger partial charge is 0.382 e. The standard InChI is InChI=1S/C16H15N5O/c1-9-3-4-14-13(5-9)12(10(2)20-14)6-15(22)21-16(18)11(7-17)8-19-21/h3-5,8,20H,6,18H2,1-2H3. The van der Waals surface area contributed by atoms with Crippen molar-refractivity contribution in [2.24, 2.45) is 0 Å². The number of carbonyl (C=O) groups excluding carboxylic acids is 1. The van der Waals surface area contributed by atoms with Gasteiger partial charge in [0.25, 0.3) is 5.91 Å². The molecule has 3 rings (SSSR count). The minimum atomic E-state index is -0.260. The number of nitriles is 1. The number of hydrogen-bond acceptors (Lipinski definition) is 4. The highest BCUT2D eigenvalue weighted by Gasteiger charge is 2.17. The summed E-state index contributed by atoms with van der Waals surface area (Å²) in [4.78, 5) is 15.7. The van der Waals surface area contributed by atoms with Gasteiger partial charge in [-0.05, 0) is 31.5 Å². The normalized spacial score (nSPS) is 10.8. The van der Waals surface area contributed by atoms with Gasteiger partial charge in [0.2, 0.25) is 0 Å². The van der Waals surface area contributed by atoms with Crippen LogP contribution in [-0.2, 0) is 6.42 Å². The SMILES string of the molecule is Cc1ccc2[nH]c(C)c(CC(=O)n3ncc(C#N)c3N)c2c1. The number of hydrogen-bond donors (Lipinski definition) is 2. The van der Waals surface area contributed by atoms with E-state index in [9.17, 15) is 4.79 Å². The predicted octanol–water partition coefficient (Wildman–Crippen LogP) is 2.32. The zero-order chi connectivity index (χ0) is 15.9. The molecule has 0 bridgehead atoms. The lowest BCUT2D eigenvalue weighted by Gasteiger charge is -2.04. The number of fused-ring (bicyclic) bond motifs is 1. The van der Waals surface area contributed by atoms with Gasteiger partial charge in [-0.25, -0.2) is 0 Å². The first kappa shape index (κ1) is 13.9. The lowest BCUT2D eigenvalue weighted by atomic mass is 10.1. The number of nitrogens with zero attached hydrogens (tertiary/aromatic N) is 3. The van der Waals surface area contributed by atoms with E-state index in [0.717, 1.165) is 32.4 Å². The van der Waals surface area contributed by atoms with E-state index in [4.69, 9.17) is 11.0 Å². The van der Waals surface area contributed by atoms with Crippen molar-refractivity contribution in [3.05, 3.63) is 46.8 Å². The Morgan fingerprint density at radius 3 is 2.91 bits per heavy atom. The number of aryl methyl sites for hydroxylation is 2. The second kappa shape index (κ2) is 5.04. The van der Waals surface area contributed by atoms with Gasteiger partial charge in [-0.1, -0.05) is 11.6 Å². The number of carbonyl (C=O) groups is 1. The quantitative estimate of drug-likeness (QED) is 0.757. The van der Waals surface area contributed by atoms with Crippen LogP contribution in [-0.4, -0.2) is 20.7 Å². The number of aromatic nitrogens is 3. The van der Waals surface area contributed by atoms with Gasteiger partial charge in [0.1, 0.15) is 17.5 Å². The first-order chi connectivity index (χ1) is 10.5. The molecule has 3 aromatic rings. The highest BCUT2D eigenvalue weighted by molar-refractivity contribution is 5.92. The summed E-state index contributed by atoms with van der Waals surface area (Å²) < 4.78 is 1.09. The summed E-state index contributed by atoms with van der Waals surface area (Å²) in [5.41, 5.74) is 9.98. The first-order valence-electron chi connectivity index (χ1n) is 6.86. The molecule has 0 unspecified atom stereocenters. The van der Waals surface area contributed by atoms with Crippen molar-refractivity contribution in [2.75, 3.05) is 5.73 Å². The van der Waals surface area contributed by atoms with E-state index in [2.05, 4.69) is 16.1 Å². The molecule has 0 aliphatic heterocycles. The molecule has 110 valence electrons. The van der Waals surface area contributed by atoms with E-state index in [-0.39, 0.29) is 23.7 Å². The number of H-pyrrole nitrogens is 1. The summed E-state index contributed by atoms with van der Waals surface area (Å²) in [5, 5.41) is 13.8. The maximum atomic E-state index is 12.4. The summed E-state index contributed by atoms with van der Waals surface area (Å²) in [5.74, 6) is -0.175. The zero-order valence-corrected chi connectivity index (χ0v) is 12.3. The van der Waals surface area contributed by atoms with E-state index in [1.54, 1.807) is 0 Å². The summed E-state index contributed by atoms with van der Waals surface area (Å²) >= 11 is 0. The van der Waals surface area contributed by atoms with Crippen LogP contribution in [0, 0.1) is 25.2 Å². The zero-order valence-electron chi connectivity index (χ0n) is 12.3. The molecule has 0 radical (unpaired) electrons. The van der Waals surface area contributed by atoms with Crippen LogP contribution in [0.1, 0.15) is 27.2 Å². The molecule has 2 aromatic heterocycles. The molecule has 2 heterocycles. The number of anilines is 1. The molecule has 22 heavy (non-hydrogen) atoms. The summed E-state index contributed by atoms with van der Waals surface area (Å²) in [6, 6.07) is 7.99. The third kappa shape index (κ3) is 2.13. The molecule has 0 amide bonds. The Kier molecular flexibility index (Phi) is 3.18. The van der Waals surface area contributed by atoms with Crippen LogP contribution >= 0.6 is 0 Å². The Hall–Kier alpha value is -3.07. The summed E-state index contributed by atoms with van der Waals surface area (Å²) in [6.07, 6.45) is 1.48. The lowest BCUT2D eigenvalue weighted by Crippen LogP contribution is -2.17. The third-order valence-corrected chi connectivity index (χ3v) is 3.77. The highest BCUT2D eigenvalue weighted by Crippen LogP contribution is 2.24. The van der Waals surface area contributed by atoms with E-state index >= 15 is 0 Å². The average molecular weight is 293 g/mol. The fraction of sp³-hybridized carbons (Fsp3) is 0.188. The average Bonchev–Trinajstić information content (AvgIpc) is 3.00. The summed E-state index contributed by atoms with van der Waals surface area (Å²) in [6.45, 7) is 3.95. The first-order valence-corrected chi connectivity index (χ1v) is 6.86. The number of nitrogens with one attached hydrogen (secondary N) is 1. The van der Waals surface area contributed by atoms with Crippen molar-refractivity contribution < 1.29 is 4.79 Å². The molecule has 0 atom stereocenters. The number of nitrogens with two attached hydrogens (primary N) is 1. The highest BCUT2D eigenvalue weighted by atomic mass is 16.2. The lowest BCUT2D eigenvalue weighted by molar-refractivity contribution is 0.0901. The van der Waals surface area contributed by atoms with Crippen molar-refractivity contribution in [3.8, 4) is 6.07 Å². The Labute approximate surface area is 127 Å². The maximum Gasteiger partial charge on any atom is 0.253 e. The molecule has 0 saturated heterocycles. The molecule has 0 fully saturated rings. The van der Waals surface area contributed by atoms with Gasteiger partial charge in [-0.2, -0.15) is 15.0 Å². The van der Waals surface area contributed by atoms with Crippen molar-refractivity contribution in [2.45, 2.75) is 20.3 Å². The Morgan fingerprint density at radius 1 is 1.45 bits per heavy atom. The van der Waals surface area contributed by atoms with Crippen molar-refractivity contribution >= 4 is 22.6 Å². The molecule has 0 aliphatic carbocycles. The number of nitrogen functional groups attached to an aromatic ring is 1. The molecule has 0 aliphatic rings. The molecule has 6 heteroatoms. The minimum absolute atomic E-state index is 0.0844. The van der Waals surface area contributed by atoms with Gasteiger partial charge in [-0.3, -0.25) is 4.79 Å². The van der Waals surface area contributed by atoms with Crippen molar-refractivity contribution in [3.63, 3.8) is 0 Å². The van der Waals surface area contributed by atoms with Gasteiger partial charge in [0.15, 0.2) is 0 Å². The maximum absolute atomic E-state index is 12.4. The van der Waals surface area contributed by atoms with E-state index < -0.39 is 0 Å². The van der Waals surface area contributed by atoms with Crippen LogP contribution in [0.25, 0.3) is 10.9 Å². The number of rotatable bonds is 2. The number of aromatic amines is 1. The van der Waals surface area contributed by atoms with Crippen LogP contribution in [0.15, 0.2) is 24.4 Å². The van der Waals surface area contributed by atoms with E-state index in [1.807, 2.05) is 32.0 Å². The van der Waals surface area contributed by atoms with Crippen LogP contribution in [0.2, 0.25) is 0 Å². The Bertz CT molecular complexity index is 926. The van der Waals surface area contributed by atoms with E-state index in [1.165, 1.54) is 6.20 Å². The number of benzene rings is 1. The van der Waals surface area contributed by atoms with Crippen molar-refractivity contribution in [1.82, 2.24) is 14.8 Å². The second-order valence-corrected chi connectivity index (χ2v) is 5.32. The monoisotopic (exact) mass is 293 g/mol. The van der Waals surface area contributed by atoms with Crippen molar-refractivity contribution in [1.29, 1.82) is 5.26 Å². The van der Waals surface area contributed by atoms with E-state index in [0.29, 0.717) is 0 Å². The molecule has 0 saturated carbocycles. The molecule has 3 N–H and O–H groups in total. The fourth-order valence-corrected chi connectivity index (χ4v) is 2.59.